The van der Waals surface area contributed by atoms with Crippen molar-refractivity contribution in [3.8, 4) is 17.6 Å². The third kappa shape index (κ3) is 2.47. The molecule has 18 heavy (non-hydrogen) atoms. The van der Waals surface area contributed by atoms with Crippen LogP contribution in [0, 0.1) is 25.2 Å². The van der Waals surface area contributed by atoms with Crippen molar-refractivity contribution in [3.63, 3.8) is 0 Å². The zero-order valence-electron chi connectivity index (χ0n) is 10.2. The number of benzene rings is 2. The van der Waals surface area contributed by atoms with Crippen molar-refractivity contribution in [2.45, 2.75) is 13.8 Å². The summed E-state index contributed by atoms with van der Waals surface area (Å²) >= 11 is 6.09. The Morgan fingerprint density at radius 2 is 1.78 bits per heavy atom. The van der Waals surface area contributed by atoms with Crippen LogP contribution in [-0.4, -0.2) is 0 Å². The fourth-order valence-corrected chi connectivity index (χ4v) is 1.94. The van der Waals surface area contributed by atoms with Crippen LogP contribution in [0.2, 0.25) is 5.02 Å². The van der Waals surface area contributed by atoms with Crippen LogP contribution < -0.4 is 4.74 Å². The maximum Gasteiger partial charge on any atom is 0.146 e. The lowest BCUT2D eigenvalue weighted by atomic mass is 10.1. The lowest BCUT2D eigenvalue weighted by Gasteiger charge is -2.12. The number of nitrogens with zero attached hydrogens (tertiary/aromatic N) is 1. The molecule has 0 aliphatic heterocycles. The molecule has 2 nitrogen and oxygen atoms in total. The highest BCUT2D eigenvalue weighted by molar-refractivity contribution is 6.32. The number of para-hydroxylation sites is 1. The van der Waals surface area contributed by atoms with Crippen molar-refractivity contribution in [2.75, 3.05) is 0 Å². The van der Waals surface area contributed by atoms with Crippen LogP contribution >= 0.6 is 11.6 Å². The molecule has 0 spiro atoms. The summed E-state index contributed by atoms with van der Waals surface area (Å²) in [5, 5.41) is 9.22. The molecule has 0 N–H and O–H groups in total. The number of ether oxygens (including phenoxy) is 1. The predicted octanol–water partition coefficient (Wildman–Crippen LogP) is 4.62. The van der Waals surface area contributed by atoms with E-state index in [1.165, 1.54) is 0 Å². The molecule has 0 aliphatic rings. The van der Waals surface area contributed by atoms with E-state index in [2.05, 4.69) is 0 Å². The minimum atomic E-state index is 0.441. The highest BCUT2D eigenvalue weighted by atomic mass is 35.5. The van der Waals surface area contributed by atoms with Crippen molar-refractivity contribution < 1.29 is 4.74 Å². The summed E-state index contributed by atoms with van der Waals surface area (Å²) in [7, 11) is 0. The van der Waals surface area contributed by atoms with Crippen molar-refractivity contribution in [2.24, 2.45) is 0 Å². The third-order valence-electron chi connectivity index (χ3n) is 2.68. The van der Waals surface area contributed by atoms with E-state index < -0.39 is 0 Å². The highest BCUT2D eigenvalue weighted by Crippen LogP contribution is 2.33. The molecule has 0 heterocycles. The molecule has 90 valence electrons. The number of hydrogen-bond donors (Lipinski definition) is 0. The number of nitriles is 1. The molecule has 0 aromatic heterocycles. The lowest BCUT2D eigenvalue weighted by molar-refractivity contribution is 0.475. The van der Waals surface area contributed by atoms with Crippen LogP contribution in [0.5, 0.6) is 11.5 Å². The van der Waals surface area contributed by atoms with E-state index in [4.69, 9.17) is 21.6 Å². The van der Waals surface area contributed by atoms with Gasteiger partial charge in [-0.15, -0.1) is 0 Å². The van der Waals surface area contributed by atoms with Crippen LogP contribution in [0.3, 0.4) is 0 Å². The zero-order valence-corrected chi connectivity index (χ0v) is 11.0. The van der Waals surface area contributed by atoms with Crippen LogP contribution in [0.15, 0.2) is 36.4 Å². The average Bonchev–Trinajstić information content (AvgIpc) is 2.35. The smallest absolute Gasteiger partial charge is 0.146 e. The molecule has 2 aromatic carbocycles. The lowest BCUT2D eigenvalue weighted by Crippen LogP contribution is -1.91. The first-order valence-electron chi connectivity index (χ1n) is 5.55. The molecule has 0 amide bonds. The second-order valence-electron chi connectivity index (χ2n) is 4.08. The average molecular weight is 258 g/mol. The minimum Gasteiger partial charge on any atom is -0.455 e. The maximum absolute atomic E-state index is 8.78. The van der Waals surface area contributed by atoms with E-state index in [-0.39, 0.29) is 0 Å². The number of aryl methyl sites for hydroxylation is 2. The molecule has 0 atom stereocenters. The Labute approximate surface area is 111 Å². The van der Waals surface area contributed by atoms with Crippen molar-refractivity contribution in [1.82, 2.24) is 0 Å². The summed E-state index contributed by atoms with van der Waals surface area (Å²) in [6.07, 6.45) is 0. The van der Waals surface area contributed by atoms with E-state index >= 15 is 0 Å². The Morgan fingerprint density at radius 3 is 2.33 bits per heavy atom. The fraction of sp³-hybridized carbons (Fsp3) is 0.133. The Balaban J connectivity index is 2.38. The van der Waals surface area contributed by atoms with Gasteiger partial charge in [0.1, 0.15) is 11.5 Å². The Bertz CT molecular complexity index is 609. The minimum absolute atomic E-state index is 0.441. The van der Waals surface area contributed by atoms with Gasteiger partial charge in [0.05, 0.1) is 16.7 Å². The largest absolute Gasteiger partial charge is 0.455 e. The molecule has 0 saturated carbocycles. The van der Waals surface area contributed by atoms with Gasteiger partial charge in [-0.25, -0.2) is 0 Å². The van der Waals surface area contributed by atoms with E-state index in [1.54, 1.807) is 18.2 Å². The number of rotatable bonds is 2. The van der Waals surface area contributed by atoms with Gasteiger partial charge in [0.2, 0.25) is 0 Å². The van der Waals surface area contributed by atoms with Gasteiger partial charge >= 0.3 is 0 Å². The van der Waals surface area contributed by atoms with Crippen LogP contribution in [0.1, 0.15) is 16.7 Å². The van der Waals surface area contributed by atoms with Crippen LogP contribution in [-0.2, 0) is 0 Å². The van der Waals surface area contributed by atoms with Gasteiger partial charge in [0.25, 0.3) is 0 Å². The molecule has 0 bridgehead atoms. The number of hydrogen-bond acceptors (Lipinski definition) is 2. The van der Waals surface area contributed by atoms with Gasteiger partial charge in [-0.1, -0.05) is 29.8 Å². The summed E-state index contributed by atoms with van der Waals surface area (Å²) in [5.74, 6) is 1.37. The summed E-state index contributed by atoms with van der Waals surface area (Å²) < 4.78 is 5.83. The SMILES string of the molecule is Cc1cccc(C)c1Oc1ccc(C#N)cc1Cl. The monoisotopic (exact) mass is 257 g/mol. The number of halogens is 1. The van der Waals surface area contributed by atoms with Gasteiger partial charge in [-0.3, -0.25) is 0 Å². The van der Waals surface area contributed by atoms with Crippen molar-refractivity contribution in [1.29, 1.82) is 5.26 Å². The first-order valence-corrected chi connectivity index (χ1v) is 5.93. The summed E-state index contributed by atoms with van der Waals surface area (Å²) in [5.41, 5.74) is 2.62. The Kier molecular flexibility index (Phi) is 3.55. The molecule has 2 rings (SSSR count). The topological polar surface area (TPSA) is 33.0 Å². The van der Waals surface area contributed by atoms with Gasteiger partial charge < -0.3 is 4.74 Å². The van der Waals surface area contributed by atoms with Gasteiger partial charge in [-0.05, 0) is 43.2 Å². The van der Waals surface area contributed by atoms with Crippen LogP contribution in [0.25, 0.3) is 0 Å². The molecule has 3 heteroatoms. The molecule has 2 aromatic rings. The summed E-state index contributed by atoms with van der Waals surface area (Å²) in [6.45, 7) is 3.97. The molecule has 0 aliphatic carbocycles. The van der Waals surface area contributed by atoms with Gasteiger partial charge in [0, 0.05) is 0 Å². The van der Waals surface area contributed by atoms with E-state index in [9.17, 15) is 0 Å². The molecule has 0 fully saturated rings. The van der Waals surface area contributed by atoms with Crippen LogP contribution in [0.4, 0.5) is 0 Å². The zero-order chi connectivity index (χ0) is 13.1. The first-order chi connectivity index (χ1) is 8.61. The van der Waals surface area contributed by atoms with Crippen molar-refractivity contribution >= 4 is 11.6 Å². The second kappa shape index (κ2) is 5.12. The summed E-state index contributed by atoms with van der Waals surface area (Å²) in [6, 6.07) is 13.0. The van der Waals surface area contributed by atoms with E-state index in [0.29, 0.717) is 16.3 Å². The molecular weight excluding hydrogens is 246 g/mol. The Morgan fingerprint density at radius 1 is 1.11 bits per heavy atom. The highest BCUT2D eigenvalue weighted by Gasteiger charge is 2.08. The standard InChI is InChI=1S/C15H12ClNO/c1-10-4-3-5-11(2)15(10)18-14-7-6-12(9-17)8-13(14)16/h3-8H,1-2H3. The third-order valence-corrected chi connectivity index (χ3v) is 2.98. The van der Waals surface area contributed by atoms with E-state index in [1.807, 2.05) is 38.1 Å². The molecule has 0 radical (unpaired) electrons. The quantitative estimate of drug-likeness (QED) is 0.786. The molecule has 0 saturated heterocycles. The predicted molar refractivity (Wildman–Crippen MR) is 72.2 cm³/mol. The summed E-state index contributed by atoms with van der Waals surface area (Å²) in [4.78, 5) is 0. The first kappa shape index (κ1) is 12.5. The maximum atomic E-state index is 8.78. The van der Waals surface area contributed by atoms with E-state index in [0.717, 1.165) is 16.9 Å². The Hall–Kier alpha value is -1.98. The fourth-order valence-electron chi connectivity index (χ4n) is 1.72. The van der Waals surface area contributed by atoms with Gasteiger partial charge in [0.15, 0.2) is 0 Å². The second-order valence-corrected chi connectivity index (χ2v) is 4.49. The van der Waals surface area contributed by atoms with Crippen molar-refractivity contribution in [3.05, 3.63) is 58.1 Å². The normalized spacial score (nSPS) is 9.89. The molecular formula is C15H12ClNO. The van der Waals surface area contributed by atoms with Gasteiger partial charge in [-0.2, -0.15) is 5.26 Å². The molecule has 0 unspecified atom stereocenters.